The summed E-state index contributed by atoms with van der Waals surface area (Å²) < 4.78 is 10.7. The molecule has 3 aromatic rings. The number of hydrogen-bond donors (Lipinski definition) is 2. The maximum absolute atomic E-state index is 5.39. The van der Waals surface area contributed by atoms with Gasteiger partial charge in [-0.1, -0.05) is 24.3 Å². The zero-order chi connectivity index (χ0) is 18.4. The van der Waals surface area contributed by atoms with Gasteiger partial charge in [0.25, 0.3) is 0 Å². The number of benzene rings is 2. The third-order valence-corrected chi connectivity index (χ3v) is 4.02. The predicted octanol–water partition coefficient (Wildman–Crippen LogP) is 4.16. The molecule has 0 aliphatic rings. The van der Waals surface area contributed by atoms with Crippen molar-refractivity contribution in [3.63, 3.8) is 0 Å². The van der Waals surface area contributed by atoms with E-state index in [-0.39, 0.29) is 0 Å². The number of nitrogens with zero attached hydrogens (tertiary/aromatic N) is 2. The highest BCUT2D eigenvalue weighted by Gasteiger charge is 2.07. The average molecular weight is 350 g/mol. The second-order valence-electron chi connectivity index (χ2n) is 5.74. The lowest BCUT2D eigenvalue weighted by Gasteiger charge is -2.13. The van der Waals surface area contributed by atoms with Crippen LogP contribution in [0.4, 0.5) is 17.5 Å². The molecule has 6 nitrogen and oxygen atoms in total. The van der Waals surface area contributed by atoms with E-state index in [0.717, 1.165) is 11.4 Å². The molecular weight excluding hydrogens is 328 g/mol. The molecule has 0 aliphatic heterocycles. The summed E-state index contributed by atoms with van der Waals surface area (Å²) in [6.07, 6.45) is 1.71. The first-order chi connectivity index (χ1) is 12.7. The van der Waals surface area contributed by atoms with E-state index >= 15 is 0 Å². The molecule has 0 spiro atoms. The summed E-state index contributed by atoms with van der Waals surface area (Å²) in [4.78, 5) is 8.80. The molecule has 26 heavy (non-hydrogen) atoms. The number of anilines is 3. The maximum atomic E-state index is 5.39. The van der Waals surface area contributed by atoms with Gasteiger partial charge in [-0.15, -0.1) is 0 Å². The van der Waals surface area contributed by atoms with Crippen molar-refractivity contribution in [2.24, 2.45) is 0 Å². The minimum atomic E-state index is 0.556. The molecule has 1 heterocycles. The number of ether oxygens (including phenoxy) is 2. The standard InChI is InChI=1S/C20H22N4O2/c1-14-6-4-5-7-15(14)13-22-20-21-11-10-19(24-20)23-17-12-16(25-2)8-9-18(17)26-3/h4-12H,13H2,1-3H3,(H2,21,22,23,24). The molecule has 3 rings (SSSR count). The highest BCUT2D eigenvalue weighted by Crippen LogP contribution is 2.31. The lowest BCUT2D eigenvalue weighted by molar-refractivity contribution is 0.405. The van der Waals surface area contributed by atoms with Crippen LogP contribution in [-0.2, 0) is 6.54 Å². The predicted molar refractivity (Wildman–Crippen MR) is 103 cm³/mol. The lowest BCUT2D eigenvalue weighted by Crippen LogP contribution is -2.06. The molecule has 0 saturated heterocycles. The van der Waals surface area contributed by atoms with E-state index in [1.807, 2.05) is 30.3 Å². The molecule has 0 fully saturated rings. The van der Waals surface area contributed by atoms with E-state index in [1.165, 1.54) is 11.1 Å². The summed E-state index contributed by atoms with van der Waals surface area (Å²) in [5, 5.41) is 6.51. The molecule has 0 atom stereocenters. The molecule has 134 valence electrons. The number of hydrogen-bond acceptors (Lipinski definition) is 6. The van der Waals surface area contributed by atoms with Crippen molar-refractivity contribution >= 4 is 17.5 Å². The first kappa shape index (κ1) is 17.5. The fourth-order valence-corrected chi connectivity index (χ4v) is 2.55. The van der Waals surface area contributed by atoms with Gasteiger partial charge in [0.15, 0.2) is 0 Å². The van der Waals surface area contributed by atoms with Gasteiger partial charge in [0.1, 0.15) is 17.3 Å². The maximum Gasteiger partial charge on any atom is 0.224 e. The summed E-state index contributed by atoms with van der Waals surface area (Å²) in [6, 6.07) is 15.6. The van der Waals surface area contributed by atoms with Crippen LogP contribution in [0.2, 0.25) is 0 Å². The zero-order valence-electron chi connectivity index (χ0n) is 15.1. The van der Waals surface area contributed by atoms with Crippen molar-refractivity contribution in [1.29, 1.82) is 0 Å². The van der Waals surface area contributed by atoms with Crippen LogP contribution in [0.15, 0.2) is 54.7 Å². The van der Waals surface area contributed by atoms with Crippen LogP contribution in [-0.4, -0.2) is 24.2 Å². The van der Waals surface area contributed by atoms with Crippen LogP contribution >= 0.6 is 0 Å². The number of nitrogens with one attached hydrogen (secondary N) is 2. The Labute approximate surface area is 153 Å². The van der Waals surface area contributed by atoms with Crippen LogP contribution < -0.4 is 20.1 Å². The summed E-state index contributed by atoms with van der Waals surface area (Å²) >= 11 is 0. The van der Waals surface area contributed by atoms with Crippen molar-refractivity contribution in [2.45, 2.75) is 13.5 Å². The molecule has 0 radical (unpaired) electrons. The summed E-state index contributed by atoms with van der Waals surface area (Å²) in [5.74, 6) is 2.66. The Kier molecular flexibility index (Phi) is 5.53. The zero-order valence-corrected chi connectivity index (χ0v) is 15.1. The number of methoxy groups -OCH3 is 2. The van der Waals surface area contributed by atoms with Gasteiger partial charge in [0.2, 0.25) is 5.95 Å². The number of aromatic nitrogens is 2. The molecule has 1 aromatic heterocycles. The SMILES string of the molecule is COc1ccc(OC)c(Nc2ccnc(NCc3ccccc3C)n2)c1. The molecular formula is C20H22N4O2. The fraction of sp³-hybridized carbons (Fsp3) is 0.200. The van der Waals surface area contributed by atoms with Crippen LogP contribution in [0.5, 0.6) is 11.5 Å². The van der Waals surface area contributed by atoms with Gasteiger partial charge in [0, 0.05) is 18.8 Å². The third kappa shape index (κ3) is 4.22. The molecule has 6 heteroatoms. The molecule has 2 aromatic carbocycles. The van der Waals surface area contributed by atoms with Crippen molar-refractivity contribution in [1.82, 2.24) is 9.97 Å². The Bertz CT molecular complexity index is 883. The van der Waals surface area contributed by atoms with Gasteiger partial charge >= 0.3 is 0 Å². The van der Waals surface area contributed by atoms with Crippen LogP contribution in [0, 0.1) is 6.92 Å². The molecule has 0 aliphatic carbocycles. The second kappa shape index (κ2) is 8.20. The lowest BCUT2D eigenvalue weighted by atomic mass is 10.1. The van der Waals surface area contributed by atoms with Crippen LogP contribution in [0.1, 0.15) is 11.1 Å². The largest absolute Gasteiger partial charge is 0.497 e. The van der Waals surface area contributed by atoms with Crippen molar-refractivity contribution in [2.75, 3.05) is 24.9 Å². The minimum absolute atomic E-state index is 0.556. The van der Waals surface area contributed by atoms with Gasteiger partial charge in [0.05, 0.1) is 19.9 Å². The highest BCUT2D eigenvalue weighted by atomic mass is 16.5. The van der Waals surface area contributed by atoms with E-state index in [4.69, 9.17) is 9.47 Å². The summed E-state index contributed by atoms with van der Waals surface area (Å²) in [6.45, 7) is 2.75. The summed E-state index contributed by atoms with van der Waals surface area (Å²) in [7, 11) is 3.26. The van der Waals surface area contributed by atoms with E-state index in [0.29, 0.717) is 24.1 Å². The molecule has 0 amide bonds. The van der Waals surface area contributed by atoms with Gasteiger partial charge in [-0.3, -0.25) is 0 Å². The number of aryl methyl sites for hydroxylation is 1. The molecule has 0 unspecified atom stereocenters. The van der Waals surface area contributed by atoms with Crippen molar-refractivity contribution in [3.8, 4) is 11.5 Å². The minimum Gasteiger partial charge on any atom is -0.497 e. The molecule has 2 N–H and O–H groups in total. The van der Waals surface area contributed by atoms with Gasteiger partial charge in [-0.2, -0.15) is 4.98 Å². The molecule has 0 bridgehead atoms. The smallest absolute Gasteiger partial charge is 0.224 e. The second-order valence-corrected chi connectivity index (χ2v) is 5.74. The van der Waals surface area contributed by atoms with E-state index in [2.05, 4.69) is 39.7 Å². The van der Waals surface area contributed by atoms with E-state index in [9.17, 15) is 0 Å². The highest BCUT2D eigenvalue weighted by molar-refractivity contribution is 5.66. The Morgan fingerprint density at radius 2 is 1.85 bits per heavy atom. The van der Waals surface area contributed by atoms with E-state index in [1.54, 1.807) is 26.5 Å². The Balaban J connectivity index is 1.74. The number of rotatable bonds is 7. The molecule has 0 saturated carbocycles. The Hall–Kier alpha value is -3.28. The Morgan fingerprint density at radius 3 is 2.62 bits per heavy atom. The topological polar surface area (TPSA) is 68.3 Å². The van der Waals surface area contributed by atoms with Crippen LogP contribution in [0.3, 0.4) is 0 Å². The fourth-order valence-electron chi connectivity index (χ4n) is 2.55. The normalized spacial score (nSPS) is 10.3. The van der Waals surface area contributed by atoms with Crippen molar-refractivity contribution in [3.05, 3.63) is 65.9 Å². The van der Waals surface area contributed by atoms with Gasteiger partial charge in [-0.05, 0) is 36.2 Å². The van der Waals surface area contributed by atoms with Gasteiger partial charge < -0.3 is 20.1 Å². The quantitative estimate of drug-likeness (QED) is 0.667. The summed E-state index contributed by atoms with van der Waals surface area (Å²) in [5.41, 5.74) is 3.22. The monoisotopic (exact) mass is 350 g/mol. The van der Waals surface area contributed by atoms with E-state index < -0.39 is 0 Å². The first-order valence-corrected chi connectivity index (χ1v) is 8.30. The van der Waals surface area contributed by atoms with Crippen molar-refractivity contribution < 1.29 is 9.47 Å². The van der Waals surface area contributed by atoms with Crippen LogP contribution in [0.25, 0.3) is 0 Å². The van der Waals surface area contributed by atoms with Gasteiger partial charge in [-0.25, -0.2) is 4.98 Å². The Morgan fingerprint density at radius 1 is 1.00 bits per heavy atom. The first-order valence-electron chi connectivity index (χ1n) is 8.30. The average Bonchev–Trinajstić information content (AvgIpc) is 2.67. The third-order valence-electron chi connectivity index (χ3n) is 4.02.